The minimum absolute atomic E-state index is 0.0767. The standard InChI is InChI=1S/C22H22F3N5O6/c1-21(2)19(34)29(20(35)28(21)13-14-6-8-26-9-7-14)15-4-3-5-16(10-15)30(36-22(23,24)25)17(31)11-27-12-18(32)33/h3-10,27H,11-13H2,1-2H3,(H,32,33). The number of amides is 4. The van der Waals surface area contributed by atoms with E-state index in [1.54, 1.807) is 12.1 Å². The molecule has 1 saturated heterocycles. The number of carboxylic acids is 1. The topological polar surface area (TPSA) is 132 Å². The Balaban J connectivity index is 1.91. The molecule has 0 bridgehead atoms. The number of aromatic nitrogens is 1. The number of carbonyl (C=O) groups is 4. The van der Waals surface area contributed by atoms with E-state index in [4.69, 9.17) is 5.11 Å². The predicted molar refractivity (Wildman–Crippen MR) is 118 cm³/mol. The van der Waals surface area contributed by atoms with E-state index in [2.05, 4.69) is 15.1 Å². The molecule has 192 valence electrons. The molecule has 11 nitrogen and oxygen atoms in total. The maximum absolute atomic E-state index is 13.2. The summed E-state index contributed by atoms with van der Waals surface area (Å²) in [5.74, 6) is -3.21. The fourth-order valence-corrected chi connectivity index (χ4v) is 3.46. The van der Waals surface area contributed by atoms with Gasteiger partial charge in [0.05, 0.1) is 24.5 Å². The first-order chi connectivity index (χ1) is 16.8. The summed E-state index contributed by atoms with van der Waals surface area (Å²) in [6, 6.07) is 7.33. The molecule has 1 fully saturated rings. The van der Waals surface area contributed by atoms with Crippen LogP contribution in [-0.4, -0.2) is 63.8 Å². The monoisotopic (exact) mass is 509 g/mol. The highest BCUT2D eigenvalue weighted by atomic mass is 19.4. The zero-order valence-corrected chi connectivity index (χ0v) is 19.2. The van der Waals surface area contributed by atoms with Crippen molar-refractivity contribution in [2.75, 3.05) is 23.1 Å². The van der Waals surface area contributed by atoms with E-state index < -0.39 is 54.5 Å². The summed E-state index contributed by atoms with van der Waals surface area (Å²) in [7, 11) is 0. The third kappa shape index (κ3) is 5.95. The third-order valence-electron chi connectivity index (χ3n) is 5.21. The summed E-state index contributed by atoms with van der Waals surface area (Å²) in [6.07, 6.45) is -2.20. The number of urea groups is 1. The molecular weight excluding hydrogens is 487 g/mol. The van der Waals surface area contributed by atoms with Crippen molar-refractivity contribution >= 4 is 35.2 Å². The minimum atomic E-state index is -5.26. The number of imide groups is 1. The Morgan fingerprint density at radius 2 is 1.81 bits per heavy atom. The van der Waals surface area contributed by atoms with Crippen LogP contribution in [0.3, 0.4) is 0 Å². The van der Waals surface area contributed by atoms with E-state index in [1.807, 2.05) is 0 Å². The lowest BCUT2D eigenvalue weighted by atomic mass is 10.0. The summed E-state index contributed by atoms with van der Waals surface area (Å²) in [6.45, 7) is 1.68. The summed E-state index contributed by atoms with van der Waals surface area (Å²) in [5, 5.41) is 10.8. The lowest BCUT2D eigenvalue weighted by Gasteiger charge is -2.27. The van der Waals surface area contributed by atoms with Crippen LogP contribution >= 0.6 is 0 Å². The number of nitrogens with one attached hydrogen (secondary N) is 1. The second-order valence-electron chi connectivity index (χ2n) is 8.17. The summed E-state index contributed by atoms with van der Waals surface area (Å²) in [4.78, 5) is 59.3. The highest BCUT2D eigenvalue weighted by Gasteiger charge is 2.52. The van der Waals surface area contributed by atoms with Crippen molar-refractivity contribution in [3.05, 3.63) is 54.4 Å². The van der Waals surface area contributed by atoms with Crippen molar-refractivity contribution in [2.45, 2.75) is 32.3 Å². The van der Waals surface area contributed by atoms with Crippen molar-refractivity contribution in [3.63, 3.8) is 0 Å². The number of carbonyl (C=O) groups excluding carboxylic acids is 3. The number of hydrogen-bond acceptors (Lipinski definition) is 7. The molecule has 4 amide bonds. The van der Waals surface area contributed by atoms with Gasteiger partial charge in [-0.3, -0.25) is 24.7 Å². The van der Waals surface area contributed by atoms with Gasteiger partial charge in [-0.25, -0.2) is 9.69 Å². The number of hydroxylamine groups is 1. The van der Waals surface area contributed by atoms with Crippen LogP contribution in [0.2, 0.25) is 0 Å². The van der Waals surface area contributed by atoms with Gasteiger partial charge < -0.3 is 10.0 Å². The van der Waals surface area contributed by atoms with Gasteiger partial charge >= 0.3 is 18.4 Å². The lowest BCUT2D eigenvalue weighted by molar-refractivity contribution is -0.327. The number of anilines is 2. The number of alkyl halides is 3. The number of carboxylic acid groups (broad SMARTS) is 1. The largest absolute Gasteiger partial charge is 0.544 e. The fourth-order valence-electron chi connectivity index (χ4n) is 3.46. The van der Waals surface area contributed by atoms with Gasteiger partial charge in [0.25, 0.3) is 11.8 Å². The van der Waals surface area contributed by atoms with E-state index in [-0.39, 0.29) is 17.3 Å². The molecule has 0 aliphatic carbocycles. The van der Waals surface area contributed by atoms with Gasteiger partial charge in [0.15, 0.2) is 0 Å². The van der Waals surface area contributed by atoms with Crippen LogP contribution in [-0.2, 0) is 25.8 Å². The average Bonchev–Trinajstić information content (AvgIpc) is 2.96. The maximum atomic E-state index is 13.2. The first kappa shape index (κ1) is 26.6. The molecule has 36 heavy (non-hydrogen) atoms. The summed E-state index contributed by atoms with van der Waals surface area (Å²) >= 11 is 0. The molecule has 0 unspecified atom stereocenters. The van der Waals surface area contributed by atoms with E-state index in [0.717, 1.165) is 17.0 Å². The van der Waals surface area contributed by atoms with Gasteiger partial charge in [-0.15, -0.1) is 13.2 Å². The molecule has 1 aliphatic rings. The van der Waals surface area contributed by atoms with Gasteiger partial charge in [-0.2, -0.15) is 9.90 Å². The normalized spacial score (nSPS) is 15.4. The first-order valence-electron chi connectivity index (χ1n) is 10.5. The highest BCUT2D eigenvalue weighted by Crippen LogP contribution is 2.35. The smallest absolute Gasteiger partial charge is 0.480 e. The Hall–Kier alpha value is -4.04. The number of pyridine rings is 1. The average molecular weight is 509 g/mol. The molecule has 3 rings (SSSR count). The SMILES string of the molecule is CC1(C)C(=O)N(c2cccc(N(OC(F)(F)F)C(=O)CNCC(=O)O)c2)C(=O)N1Cc1ccncc1. The van der Waals surface area contributed by atoms with Gasteiger partial charge in [-0.1, -0.05) is 6.07 Å². The molecule has 0 saturated carbocycles. The van der Waals surface area contributed by atoms with Crippen molar-refractivity contribution in [2.24, 2.45) is 0 Å². The van der Waals surface area contributed by atoms with Crippen LogP contribution in [0.5, 0.6) is 0 Å². The van der Waals surface area contributed by atoms with Crippen LogP contribution < -0.4 is 15.3 Å². The molecule has 1 aromatic heterocycles. The molecule has 2 heterocycles. The molecule has 0 atom stereocenters. The number of halogens is 3. The molecule has 0 spiro atoms. The van der Waals surface area contributed by atoms with Crippen LogP contribution in [0.15, 0.2) is 48.8 Å². The highest BCUT2D eigenvalue weighted by molar-refractivity contribution is 6.23. The van der Waals surface area contributed by atoms with E-state index in [0.29, 0.717) is 5.56 Å². The predicted octanol–water partition coefficient (Wildman–Crippen LogP) is 2.29. The Labute approximate surface area is 203 Å². The zero-order valence-electron chi connectivity index (χ0n) is 19.2. The summed E-state index contributed by atoms with van der Waals surface area (Å²) in [5.41, 5.74) is -1.10. The molecule has 2 aromatic rings. The van der Waals surface area contributed by atoms with Crippen LogP contribution in [0.1, 0.15) is 19.4 Å². The number of benzene rings is 1. The fraction of sp³-hybridized carbons (Fsp3) is 0.318. The Morgan fingerprint density at radius 3 is 2.42 bits per heavy atom. The molecule has 1 aliphatic heterocycles. The number of nitrogens with zero attached hydrogens (tertiary/aromatic N) is 4. The maximum Gasteiger partial charge on any atom is 0.544 e. The first-order valence-corrected chi connectivity index (χ1v) is 10.5. The van der Waals surface area contributed by atoms with Gasteiger partial charge in [0.1, 0.15) is 5.54 Å². The Morgan fingerprint density at radius 1 is 1.14 bits per heavy atom. The quantitative estimate of drug-likeness (QED) is 0.389. The van der Waals surface area contributed by atoms with E-state index in [9.17, 15) is 32.3 Å². The summed E-state index contributed by atoms with van der Waals surface area (Å²) < 4.78 is 39.1. The molecule has 14 heteroatoms. The van der Waals surface area contributed by atoms with Crippen molar-refractivity contribution in [1.82, 2.24) is 15.2 Å². The lowest BCUT2D eigenvalue weighted by Crippen LogP contribution is -2.43. The molecule has 2 N–H and O–H groups in total. The Kier molecular flexibility index (Phi) is 7.59. The number of aliphatic carboxylic acids is 1. The van der Waals surface area contributed by atoms with E-state index in [1.165, 1.54) is 43.3 Å². The van der Waals surface area contributed by atoms with Gasteiger partial charge in [-0.05, 0) is 49.7 Å². The van der Waals surface area contributed by atoms with E-state index >= 15 is 0 Å². The second kappa shape index (κ2) is 10.3. The molecular formula is C22H22F3N5O6. The van der Waals surface area contributed by atoms with Gasteiger partial charge in [0.2, 0.25) is 0 Å². The molecule has 0 radical (unpaired) electrons. The van der Waals surface area contributed by atoms with Crippen molar-refractivity contribution in [1.29, 1.82) is 0 Å². The van der Waals surface area contributed by atoms with Crippen molar-refractivity contribution in [3.8, 4) is 0 Å². The van der Waals surface area contributed by atoms with Gasteiger partial charge in [0, 0.05) is 18.9 Å². The minimum Gasteiger partial charge on any atom is -0.480 e. The second-order valence-corrected chi connectivity index (χ2v) is 8.17. The molecule has 1 aromatic carbocycles. The van der Waals surface area contributed by atoms with Crippen LogP contribution in [0.4, 0.5) is 29.3 Å². The van der Waals surface area contributed by atoms with Crippen LogP contribution in [0.25, 0.3) is 0 Å². The number of rotatable bonds is 9. The zero-order chi connectivity index (χ0) is 26.7. The van der Waals surface area contributed by atoms with Crippen LogP contribution in [0, 0.1) is 0 Å². The third-order valence-corrected chi connectivity index (χ3v) is 5.21. The number of hydrogen-bond donors (Lipinski definition) is 2. The Bertz CT molecular complexity index is 1160. The van der Waals surface area contributed by atoms with Crippen molar-refractivity contribution < 1.29 is 42.3 Å².